The second-order valence-corrected chi connectivity index (χ2v) is 7.89. The zero-order valence-corrected chi connectivity index (χ0v) is 18.4. The largest absolute Gasteiger partial charge is 0.350 e. The lowest BCUT2D eigenvalue weighted by atomic mass is 10.1. The maximum atomic E-state index is 13.1. The summed E-state index contributed by atoms with van der Waals surface area (Å²) in [5.41, 5.74) is 2.93. The number of aryl methyl sites for hydroxylation is 1. The molecule has 0 aliphatic heterocycles. The summed E-state index contributed by atoms with van der Waals surface area (Å²) in [5, 5.41) is 3.52. The average molecular weight is 435 g/mol. The van der Waals surface area contributed by atoms with Crippen LogP contribution >= 0.6 is 11.6 Å². The molecule has 0 spiro atoms. The molecular formula is C26H27ClN2O2. The lowest BCUT2D eigenvalue weighted by molar-refractivity contribution is -0.140. The molecular weight excluding hydrogens is 408 g/mol. The van der Waals surface area contributed by atoms with Gasteiger partial charge < -0.3 is 10.2 Å². The Hall–Kier alpha value is -3.11. The van der Waals surface area contributed by atoms with Gasteiger partial charge in [0.1, 0.15) is 6.04 Å². The minimum Gasteiger partial charge on any atom is -0.350 e. The van der Waals surface area contributed by atoms with Gasteiger partial charge in [-0.2, -0.15) is 0 Å². The Morgan fingerprint density at radius 2 is 1.45 bits per heavy atom. The van der Waals surface area contributed by atoms with Crippen molar-refractivity contribution in [1.29, 1.82) is 0 Å². The Labute approximate surface area is 188 Å². The van der Waals surface area contributed by atoms with Gasteiger partial charge in [-0.1, -0.05) is 90.5 Å². The van der Waals surface area contributed by atoms with Gasteiger partial charge in [-0.05, 0) is 36.1 Å². The molecule has 0 bridgehead atoms. The van der Waals surface area contributed by atoms with Crippen LogP contribution in [0.2, 0.25) is 5.02 Å². The molecule has 1 unspecified atom stereocenters. The number of hydrogen-bond donors (Lipinski definition) is 1. The highest BCUT2D eigenvalue weighted by atomic mass is 35.5. The molecule has 0 saturated heterocycles. The number of nitrogens with zero attached hydrogens (tertiary/aromatic N) is 1. The van der Waals surface area contributed by atoms with E-state index in [-0.39, 0.29) is 11.8 Å². The highest BCUT2D eigenvalue weighted by Gasteiger charge is 2.25. The monoisotopic (exact) mass is 434 g/mol. The molecule has 31 heavy (non-hydrogen) atoms. The predicted molar refractivity (Wildman–Crippen MR) is 125 cm³/mol. The fourth-order valence-corrected chi connectivity index (χ4v) is 3.58. The van der Waals surface area contributed by atoms with Gasteiger partial charge in [0.2, 0.25) is 11.8 Å². The van der Waals surface area contributed by atoms with Crippen molar-refractivity contribution in [3.05, 3.63) is 107 Å². The summed E-state index contributed by atoms with van der Waals surface area (Å²) < 4.78 is 0. The lowest BCUT2D eigenvalue weighted by Crippen LogP contribution is -2.47. The summed E-state index contributed by atoms with van der Waals surface area (Å²) in [7, 11) is 0. The lowest BCUT2D eigenvalue weighted by Gasteiger charge is -2.29. The van der Waals surface area contributed by atoms with Crippen LogP contribution in [0, 0.1) is 0 Å². The van der Waals surface area contributed by atoms with E-state index < -0.39 is 6.04 Å². The first-order valence-electron chi connectivity index (χ1n) is 10.4. The molecule has 0 radical (unpaired) electrons. The smallest absolute Gasteiger partial charge is 0.242 e. The molecule has 1 atom stereocenters. The molecule has 3 rings (SSSR count). The van der Waals surface area contributed by atoms with Crippen LogP contribution in [0.15, 0.2) is 84.9 Å². The van der Waals surface area contributed by atoms with Crippen LogP contribution in [0.25, 0.3) is 0 Å². The summed E-state index contributed by atoms with van der Waals surface area (Å²) in [6.07, 6.45) is 0.984. The molecule has 5 heteroatoms. The maximum Gasteiger partial charge on any atom is 0.242 e. The number of rotatable bonds is 9. The average Bonchev–Trinajstić information content (AvgIpc) is 2.81. The summed E-state index contributed by atoms with van der Waals surface area (Å²) in [4.78, 5) is 27.7. The van der Waals surface area contributed by atoms with E-state index >= 15 is 0 Å². The highest BCUT2D eigenvalue weighted by Crippen LogP contribution is 2.16. The van der Waals surface area contributed by atoms with Crippen molar-refractivity contribution in [1.82, 2.24) is 10.2 Å². The van der Waals surface area contributed by atoms with Crippen molar-refractivity contribution in [3.8, 4) is 0 Å². The molecule has 2 amide bonds. The fourth-order valence-electron chi connectivity index (χ4n) is 3.37. The molecule has 0 aliphatic rings. The van der Waals surface area contributed by atoms with Gasteiger partial charge in [-0.15, -0.1) is 0 Å². The van der Waals surface area contributed by atoms with Crippen molar-refractivity contribution in [2.75, 3.05) is 0 Å². The van der Waals surface area contributed by atoms with Crippen LogP contribution in [0.4, 0.5) is 0 Å². The standard InChI is InChI=1S/C26H27ClN2O2/c1-20(26(31)28-18-23-14-8-9-15-24(23)27)29(19-22-12-6-3-7-13-22)25(30)17-16-21-10-4-2-5-11-21/h2-15,20H,16-19H2,1H3,(H,28,31). The Morgan fingerprint density at radius 3 is 2.10 bits per heavy atom. The maximum absolute atomic E-state index is 13.1. The molecule has 0 aromatic heterocycles. The number of nitrogens with one attached hydrogen (secondary N) is 1. The molecule has 4 nitrogen and oxygen atoms in total. The Kier molecular flexibility index (Phi) is 8.25. The van der Waals surface area contributed by atoms with Crippen LogP contribution < -0.4 is 5.32 Å². The summed E-state index contributed by atoms with van der Waals surface area (Å²) >= 11 is 6.19. The van der Waals surface area contributed by atoms with Gasteiger partial charge in [-0.3, -0.25) is 9.59 Å². The minimum atomic E-state index is -0.606. The number of carbonyl (C=O) groups is 2. The van der Waals surface area contributed by atoms with Gasteiger partial charge >= 0.3 is 0 Å². The van der Waals surface area contributed by atoms with Crippen molar-refractivity contribution in [2.45, 2.75) is 38.9 Å². The van der Waals surface area contributed by atoms with E-state index in [1.807, 2.05) is 78.9 Å². The summed E-state index contributed by atoms with van der Waals surface area (Å²) in [6, 6.07) is 26.4. The quantitative estimate of drug-likeness (QED) is 0.514. The molecule has 0 fully saturated rings. The summed E-state index contributed by atoms with van der Waals surface area (Å²) in [6.45, 7) is 2.47. The predicted octanol–water partition coefficient (Wildman–Crippen LogP) is 5.01. The topological polar surface area (TPSA) is 49.4 Å². The minimum absolute atomic E-state index is 0.0481. The Morgan fingerprint density at radius 1 is 0.871 bits per heavy atom. The van der Waals surface area contributed by atoms with E-state index in [2.05, 4.69) is 5.32 Å². The summed E-state index contributed by atoms with van der Waals surface area (Å²) in [5.74, 6) is -0.253. The van der Waals surface area contributed by atoms with E-state index in [0.717, 1.165) is 16.7 Å². The van der Waals surface area contributed by atoms with E-state index in [0.29, 0.717) is 31.0 Å². The van der Waals surface area contributed by atoms with Crippen molar-refractivity contribution in [2.24, 2.45) is 0 Å². The first kappa shape index (κ1) is 22.6. The zero-order chi connectivity index (χ0) is 22.1. The normalized spacial score (nSPS) is 11.5. The Balaban J connectivity index is 1.68. The second kappa shape index (κ2) is 11.3. The zero-order valence-electron chi connectivity index (χ0n) is 17.6. The van der Waals surface area contributed by atoms with Gasteiger partial charge in [0.15, 0.2) is 0 Å². The Bertz CT molecular complexity index is 993. The van der Waals surface area contributed by atoms with E-state index in [1.54, 1.807) is 17.9 Å². The van der Waals surface area contributed by atoms with Gasteiger partial charge in [0, 0.05) is 24.5 Å². The molecule has 3 aromatic carbocycles. The van der Waals surface area contributed by atoms with E-state index in [1.165, 1.54) is 0 Å². The van der Waals surface area contributed by atoms with Crippen LogP contribution in [-0.2, 0) is 29.1 Å². The first-order valence-corrected chi connectivity index (χ1v) is 10.8. The van der Waals surface area contributed by atoms with Crippen LogP contribution in [0.5, 0.6) is 0 Å². The molecule has 0 saturated carbocycles. The molecule has 0 aliphatic carbocycles. The third kappa shape index (κ3) is 6.69. The van der Waals surface area contributed by atoms with E-state index in [9.17, 15) is 9.59 Å². The van der Waals surface area contributed by atoms with Crippen LogP contribution in [-0.4, -0.2) is 22.8 Å². The molecule has 3 aromatic rings. The van der Waals surface area contributed by atoms with Gasteiger partial charge in [-0.25, -0.2) is 0 Å². The fraction of sp³-hybridized carbons (Fsp3) is 0.231. The van der Waals surface area contributed by atoms with Crippen molar-refractivity contribution in [3.63, 3.8) is 0 Å². The third-order valence-electron chi connectivity index (χ3n) is 5.24. The third-order valence-corrected chi connectivity index (χ3v) is 5.61. The first-order chi connectivity index (χ1) is 15.0. The van der Waals surface area contributed by atoms with Crippen molar-refractivity contribution < 1.29 is 9.59 Å². The number of carbonyl (C=O) groups excluding carboxylic acids is 2. The van der Waals surface area contributed by atoms with Crippen molar-refractivity contribution >= 4 is 23.4 Å². The van der Waals surface area contributed by atoms with E-state index in [4.69, 9.17) is 11.6 Å². The van der Waals surface area contributed by atoms with Crippen LogP contribution in [0.1, 0.15) is 30.0 Å². The number of halogens is 1. The second-order valence-electron chi connectivity index (χ2n) is 7.48. The van der Waals surface area contributed by atoms with Gasteiger partial charge in [0.25, 0.3) is 0 Å². The number of benzene rings is 3. The highest BCUT2D eigenvalue weighted by molar-refractivity contribution is 6.31. The van der Waals surface area contributed by atoms with Crippen LogP contribution in [0.3, 0.4) is 0 Å². The SMILES string of the molecule is CC(C(=O)NCc1ccccc1Cl)N(Cc1ccccc1)C(=O)CCc1ccccc1. The molecule has 1 N–H and O–H groups in total. The molecule has 0 heterocycles. The number of hydrogen-bond acceptors (Lipinski definition) is 2. The molecule has 160 valence electrons. The van der Waals surface area contributed by atoms with Gasteiger partial charge in [0.05, 0.1) is 0 Å². The number of amides is 2.